The van der Waals surface area contributed by atoms with E-state index in [1.807, 2.05) is 18.2 Å². The second-order valence-electron chi connectivity index (χ2n) is 7.27. The van der Waals surface area contributed by atoms with Gasteiger partial charge < -0.3 is 10.1 Å². The fraction of sp³-hybridized carbons (Fsp3) is 0.217. The van der Waals surface area contributed by atoms with Crippen LogP contribution < -0.4 is 9.63 Å². The highest BCUT2D eigenvalue weighted by Gasteiger charge is 2.16. The molecule has 2 aromatic carbocycles. The zero-order valence-electron chi connectivity index (χ0n) is 16.5. The molecule has 1 fully saturated rings. The minimum atomic E-state index is -0.490. The van der Waals surface area contributed by atoms with Crippen LogP contribution in [0.5, 0.6) is 0 Å². The van der Waals surface area contributed by atoms with Crippen LogP contribution in [0.1, 0.15) is 30.5 Å². The van der Waals surface area contributed by atoms with Gasteiger partial charge in [-0.3, -0.25) is 10.1 Å². The molecule has 0 bridgehead atoms. The molecule has 1 aromatic heterocycles. The molecule has 0 aliphatic carbocycles. The van der Waals surface area contributed by atoms with Crippen molar-refractivity contribution in [3.05, 3.63) is 87.4 Å². The Labute approximate surface area is 174 Å². The summed E-state index contributed by atoms with van der Waals surface area (Å²) in [5, 5.41) is 23.8. The maximum atomic E-state index is 12.8. The van der Waals surface area contributed by atoms with E-state index < -0.39 is 4.92 Å². The fourth-order valence-electron chi connectivity index (χ4n) is 3.63. The van der Waals surface area contributed by atoms with Crippen LogP contribution in [0.2, 0.25) is 0 Å². The molecular weight excluding hydrogens is 380 g/mol. The Morgan fingerprint density at radius 2 is 1.77 bits per heavy atom. The third-order valence-electron chi connectivity index (χ3n) is 5.25. The number of nitro benzene ring substituents is 1. The summed E-state index contributed by atoms with van der Waals surface area (Å²) in [7, 11) is 0. The van der Waals surface area contributed by atoms with Crippen molar-refractivity contribution in [2.24, 2.45) is 0 Å². The Bertz CT molecular complexity index is 1070. The Kier molecular flexibility index (Phi) is 5.70. The minimum absolute atomic E-state index is 0.0796. The Balaban J connectivity index is 1.55. The number of nitrogens with zero attached hydrogens (tertiary/aromatic N) is 4. The van der Waals surface area contributed by atoms with Crippen molar-refractivity contribution < 1.29 is 9.65 Å². The van der Waals surface area contributed by atoms with E-state index in [4.69, 9.17) is 0 Å². The molecule has 1 aliphatic rings. The third-order valence-corrected chi connectivity index (χ3v) is 5.25. The molecule has 1 aliphatic heterocycles. The highest BCUT2D eigenvalue weighted by atomic mass is 16.6. The maximum Gasteiger partial charge on any atom is 0.333 e. The molecule has 0 amide bonds. The lowest BCUT2D eigenvalue weighted by Gasteiger charge is -2.28. The SMILES string of the molecule is O=[N+]([O-])c1cccc(-c2nccc(/C=C/c3ccc(N4CCCCC4)cc3)[n+]2[O-])c1. The van der Waals surface area contributed by atoms with Gasteiger partial charge in [-0.15, -0.1) is 0 Å². The molecule has 3 aromatic rings. The second kappa shape index (κ2) is 8.73. The average Bonchev–Trinajstić information content (AvgIpc) is 2.79. The highest BCUT2D eigenvalue weighted by Crippen LogP contribution is 2.22. The molecule has 1 saturated heterocycles. The van der Waals surface area contributed by atoms with E-state index in [2.05, 4.69) is 22.0 Å². The number of nitro groups is 1. The second-order valence-corrected chi connectivity index (χ2v) is 7.27. The summed E-state index contributed by atoms with van der Waals surface area (Å²) in [6.07, 6.45) is 8.91. The van der Waals surface area contributed by atoms with E-state index in [0.717, 1.165) is 18.7 Å². The molecule has 4 rings (SSSR count). The van der Waals surface area contributed by atoms with E-state index >= 15 is 0 Å². The summed E-state index contributed by atoms with van der Waals surface area (Å²) in [6.45, 7) is 2.20. The molecule has 0 unspecified atom stereocenters. The number of aromatic nitrogens is 2. The number of non-ortho nitro benzene ring substituents is 1. The van der Waals surface area contributed by atoms with Crippen LogP contribution in [0.15, 0.2) is 60.8 Å². The van der Waals surface area contributed by atoms with Crippen molar-refractivity contribution in [3.8, 4) is 11.4 Å². The Hall–Kier alpha value is -3.74. The first kappa shape index (κ1) is 19.6. The van der Waals surface area contributed by atoms with Crippen LogP contribution in [0.25, 0.3) is 23.5 Å². The van der Waals surface area contributed by atoms with Gasteiger partial charge in [0.05, 0.1) is 10.5 Å². The van der Waals surface area contributed by atoms with E-state index in [1.165, 1.54) is 43.3 Å². The van der Waals surface area contributed by atoms with Gasteiger partial charge in [-0.25, -0.2) is 4.73 Å². The molecule has 2 heterocycles. The lowest BCUT2D eigenvalue weighted by atomic mass is 10.1. The van der Waals surface area contributed by atoms with Crippen molar-refractivity contribution in [2.45, 2.75) is 19.3 Å². The quantitative estimate of drug-likeness (QED) is 0.272. The number of benzene rings is 2. The molecule has 30 heavy (non-hydrogen) atoms. The molecule has 152 valence electrons. The molecule has 7 nitrogen and oxygen atoms in total. The topological polar surface area (TPSA) is 86.2 Å². The normalized spacial score (nSPS) is 14.2. The minimum Gasteiger partial charge on any atom is -0.710 e. The predicted octanol–water partition coefficient (Wildman–Crippen LogP) is 4.45. The van der Waals surface area contributed by atoms with E-state index in [0.29, 0.717) is 16.0 Å². The number of rotatable bonds is 5. The van der Waals surface area contributed by atoms with Gasteiger partial charge in [-0.05, 0) is 54.1 Å². The number of hydrogen-bond acceptors (Lipinski definition) is 5. The van der Waals surface area contributed by atoms with Crippen molar-refractivity contribution >= 4 is 23.5 Å². The van der Waals surface area contributed by atoms with Gasteiger partial charge in [0.15, 0.2) is 0 Å². The van der Waals surface area contributed by atoms with Crippen molar-refractivity contribution in [2.75, 3.05) is 18.0 Å². The maximum absolute atomic E-state index is 12.8. The summed E-state index contributed by atoms with van der Waals surface area (Å²) in [5.74, 6) is 0.126. The number of hydrogen-bond donors (Lipinski definition) is 0. The first-order valence-corrected chi connectivity index (χ1v) is 9.98. The summed E-state index contributed by atoms with van der Waals surface area (Å²) in [6, 6.07) is 15.8. The molecule has 0 radical (unpaired) electrons. The van der Waals surface area contributed by atoms with E-state index in [1.54, 1.807) is 24.3 Å². The van der Waals surface area contributed by atoms with Gasteiger partial charge >= 0.3 is 5.82 Å². The standard InChI is InChI=1S/C23H22N4O3/c28-26-21(13-14-24-23(26)19-5-4-6-22(17-19)27(29)30)12-9-18-7-10-20(11-8-18)25-15-2-1-3-16-25/h4-14,17H,1-3,15-16H2/b12-9+. The largest absolute Gasteiger partial charge is 0.710 e. The lowest BCUT2D eigenvalue weighted by Crippen LogP contribution is -2.33. The van der Waals surface area contributed by atoms with Gasteiger partial charge in [-0.1, -0.05) is 24.3 Å². The van der Waals surface area contributed by atoms with Crippen LogP contribution in [0, 0.1) is 15.3 Å². The number of anilines is 1. The summed E-state index contributed by atoms with van der Waals surface area (Å²) >= 11 is 0. The van der Waals surface area contributed by atoms with Gasteiger partial charge in [0.25, 0.3) is 5.69 Å². The molecule has 7 heteroatoms. The molecule has 0 atom stereocenters. The zero-order valence-corrected chi connectivity index (χ0v) is 16.5. The lowest BCUT2D eigenvalue weighted by molar-refractivity contribution is -0.598. The zero-order chi connectivity index (χ0) is 20.9. The number of piperidine rings is 1. The van der Waals surface area contributed by atoms with Gasteiger partial charge in [0.1, 0.15) is 11.9 Å². The van der Waals surface area contributed by atoms with Gasteiger partial charge in [-0.2, -0.15) is 0 Å². The first-order chi connectivity index (χ1) is 14.6. The monoisotopic (exact) mass is 402 g/mol. The van der Waals surface area contributed by atoms with Crippen molar-refractivity contribution in [1.82, 2.24) is 4.98 Å². The first-order valence-electron chi connectivity index (χ1n) is 9.98. The fourth-order valence-corrected chi connectivity index (χ4v) is 3.63. The van der Waals surface area contributed by atoms with Gasteiger partial charge in [0, 0.05) is 37.0 Å². The highest BCUT2D eigenvalue weighted by molar-refractivity contribution is 5.68. The van der Waals surface area contributed by atoms with Crippen LogP contribution in [-0.2, 0) is 0 Å². The summed E-state index contributed by atoms with van der Waals surface area (Å²) in [4.78, 5) is 17.0. The van der Waals surface area contributed by atoms with Crippen LogP contribution in [-0.4, -0.2) is 23.0 Å². The molecule has 0 spiro atoms. The third kappa shape index (κ3) is 4.30. The average molecular weight is 402 g/mol. The van der Waals surface area contributed by atoms with Crippen LogP contribution in [0.3, 0.4) is 0 Å². The van der Waals surface area contributed by atoms with Gasteiger partial charge in [0.2, 0.25) is 0 Å². The molecule has 0 N–H and O–H groups in total. The van der Waals surface area contributed by atoms with Crippen molar-refractivity contribution in [3.63, 3.8) is 0 Å². The van der Waals surface area contributed by atoms with Crippen LogP contribution >= 0.6 is 0 Å². The molecule has 0 saturated carbocycles. The summed E-state index contributed by atoms with van der Waals surface area (Å²) < 4.78 is 0.692. The Morgan fingerprint density at radius 1 is 1.00 bits per heavy atom. The summed E-state index contributed by atoms with van der Waals surface area (Å²) in [5.41, 5.74) is 2.95. The van der Waals surface area contributed by atoms with E-state index in [-0.39, 0.29) is 11.5 Å². The molecular formula is C23H22N4O3. The smallest absolute Gasteiger partial charge is 0.333 e. The Morgan fingerprint density at radius 3 is 2.50 bits per heavy atom. The van der Waals surface area contributed by atoms with E-state index in [9.17, 15) is 15.3 Å². The van der Waals surface area contributed by atoms with Crippen LogP contribution in [0.4, 0.5) is 11.4 Å². The predicted molar refractivity (Wildman–Crippen MR) is 117 cm³/mol. The van der Waals surface area contributed by atoms with Crippen molar-refractivity contribution in [1.29, 1.82) is 0 Å².